The molecular formula is C26H23FN6O3. The molecule has 0 saturated heterocycles. The molecule has 36 heavy (non-hydrogen) atoms. The van der Waals surface area contributed by atoms with Crippen LogP contribution in [0.15, 0.2) is 66.7 Å². The molecule has 1 aromatic heterocycles. The lowest BCUT2D eigenvalue weighted by molar-refractivity contribution is 0.0991. The summed E-state index contributed by atoms with van der Waals surface area (Å²) in [7, 11) is 1.60. The molecule has 0 radical (unpaired) electrons. The molecular weight excluding hydrogens is 463 g/mol. The van der Waals surface area contributed by atoms with Crippen LogP contribution in [0, 0.1) is 17.1 Å². The number of imidazole rings is 1. The van der Waals surface area contributed by atoms with Crippen molar-refractivity contribution in [2.24, 2.45) is 5.73 Å². The second kappa shape index (κ2) is 10.4. The summed E-state index contributed by atoms with van der Waals surface area (Å²) in [6.07, 6.45) is -0.834. The van der Waals surface area contributed by atoms with Crippen LogP contribution < -0.4 is 16.0 Å². The molecule has 0 unspecified atom stereocenters. The van der Waals surface area contributed by atoms with Crippen molar-refractivity contribution in [1.29, 1.82) is 5.26 Å². The lowest BCUT2D eigenvalue weighted by Gasteiger charge is -2.17. The van der Waals surface area contributed by atoms with Gasteiger partial charge in [-0.25, -0.2) is 9.37 Å². The first kappa shape index (κ1) is 24.5. The van der Waals surface area contributed by atoms with Crippen LogP contribution in [0.25, 0.3) is 11.0 Å². The third-order valence-electron chi connectivity index (χ3n) is 5.66. The van der Waals surface area contributed by atoms with E-state index in [-0.39, 0.29) is 24.8 Å². The van der Waals surface area contributed by atoms with Crippen molar-refractivity contribution in [1.82, 2.24) is 9.55 Å². The Morgan fingerprint density at radius 1 is 1.14 bits per heavy atom. The maximum Gasteiger partial charge on any atom is 0.258 e. The number of rotatable bonds is 7. The Hall–Kier alpha value is -4.59. The Morgan fingerprint density at radius 3 is 2.44 bits per heavy atom. The standard InChI is InChI=1S/C26H23FN6O3/c1-32(25(36)18-6-8-19(27)9-7-18)20-10-11-22-21(14-20)30-26(33(22)13-12-23(29)34)31-24(35)17-4-2-16(15-28)3-5-17/h2-11,14,23,34H,12-13,29H2,1H3,(H,30,31,35)/t23-/m0/s1. The highest BCUT2D eigenvalue weighted by molar-refractivity contribution is 6.07. The molecule has 182 valence electrons. The largest absolute Gasteiger partial charge is 0.379 e. The number of halogens is 1. The monoisotopic (exact) mass is 486 g/mol. The molecule has 3 aromatic carbocycles. The summed E-state index contributed by atoms with van der Waals surface area (Å²) >= 11 is 0. The third kappa shape index (κ3) is 5.22. The maximum atomic E-state index is 13.2. The van der Waals surface area contributed by atoms with Gasteiger partial charge in [0.05, 0.1) is 22.7 Å². The number of nitrogens with two attached hydrogens (primary N) is 1. The van der Waals surface area contributed by atoms with E-state index in [2.05, 4.69) is 10.3 Å². The quantitative estimate of drug-likeness (QED) is 0.343. The molecule has 4 aromatic rings. The van der Waals surface area contributed by atoms with Gasteiger partial charge in [0, 0.05) is 36.8 Å². The lowest BCUT2D eigenvalue weighted by atomic mass is 10.1. The van der Waals surface area contributed by atoms with Crippen LogP contribution in [-0.2, 0) is 6.54 Å². The second-order valence-corrected chi connectivity index (χ2v) is 8.13. The van der Waals surface area contributed by atoms with Crippen molar-refractivity contribution in [2.75, 3.05) is 17.3 Å². The van der Waals surface area contributed by atoms with Crippen LogP contribution >= 0.6 is 0 Å². The smallest absolute Gasteiger partial charge is 0.258 e. The minimum atomic E-state index is -1.05. The molecule has 0 aliphatic rings. The van der Waals surface area contributed by atoms with Gasteiger partial charge < -0.3 is 20.3 Å². The van der Waals surface area contributed by atoms with E-state index >= 15 is 0 Å². The first-order valence-corrected chi connectivity index (χ1v) is 11.1. The Morgan fingerprint density at radius 2 is 1.81 bits per heavy atom. The topological polar surface area (TPSA) is 137 Å². The summed E-state index contributed by atoms with van der Waals surface area (Å²) in [5, 5.41) is 21.3. The van der Waals surface area contributed by atoms with E-state index in [1.807, 2.05) is 6.07 Å². The van der Waals surface area contributed by atoms with Crippen molar-refractivity contribution >= 4 is 34.5 Å². The minimum Gasteiger partial charge on any atom is -0.379 e. The van der Waals surface area contributed by atoms with Gasteiger partial charge in [-0.3, -0.25) is 14.9 Å². The second-order valence-electron chi connectivity index (χ2n) is 8.13. The van der Waals surface area contributed by atoms with Crippen LogP contribution in [0.4, 0.5) is 16.0 Å². The number of nitriles is 1. The highest BCUT2D eigenvalue weighted by atomic mass is 19.1. The molecule has 0 saturated carbocycles. The zero-order valence-electron chi connectivity index (χ0n) is 19.4. The summed E-state index contributed by atoms with van der Waals surface area (Å²) in [6, 6.07) is 18.6. The van der Waals surface area contributed by atoms with E-state index in [4.69, 9.17) is 11.0 Å². The van der Waals surface area contributed by atoms with Gasteiger partial charge >= 0.3 is 0 Å². The van der Waals surface area contributed by atoms with E-state index in [9.17, 15) is 19.1 Å². The number of hydrogen-bond donors (Lipinski definition) is 3. The molecule has 4 N–H and O–H groups in total. The van der Waals surface area contributed by atoms with E-state index in [1.54, 1.807) is 54.1 Å². The number of aryl methyl sites for hydroxylation is 1. The third-order valence-corrected chi connectivity index (χ3v) is 5.66. The number of aliphatic hydroxyl groups is 1. The van der Waals surface area contributed by atoms with Crippen LogP contribution in [0.5, 0.6) is 0 Å². The van der Waals surface area contributed by atoms with Crippen molar-refractivity contribution in [3.8, 4) is 6.07 Å². The predicted molar refractivity (Wildman–Crippen MR) is 133 cm³/mol. The highest BCUT2D eigenvalue weighted by Gasteiger charge is 2.18. The van der Waals surface area contributed by atoms with Gasteiger partial charge in [0.1, 0.15) is 12.0 Å². The van der Waals surface area contributed by atoms with Crippen LogP contribution in [-0.4, -0.2) is 39.7 Å². The molecule has 4 rings (SSSR count). The minimum absolute atomic E-state index is 0.218. The SMILES string of the molecule is CN(C(=O)c1ccc(F)cc1)c1ccc2c(c1)nc(NC(=O)c1ccc(C#N)cc1)n2CC[C@@H](N)O. The van der Waals surface area contributed by atoms with Gasteiger partial charge in [-0.15, -0.1) is 0 Å². The van der Waals surface area contributed by atoms with Gasteiger partial charge in [-0.1, -0.05) is 0 Å². The number of fused-ring (bicyclic) bond motifs is 1. The van der Waals surface area contributed by atoms with Gasteiger partial charge in [0.2, 0.25) is 5.95 Å². The number of aromatic nitrogens is 2. The number of carbonyl (C=O) groups is 2. The molecule has 10 heteroatoms. The zero-order valence-corrected chi connectivity index (χ0v) is 19.4. The fourth-order valence-corrected chi connectivity index (χ4v) is 3.68. The van der Waals surface area contributed by atoms with E-state index in [1.165, 1.54) is 29.2 Å². The Kier molecular flexibility index (Phi) is 7.05. The summed E-state index contributed by atoms with van der Waals surface area (Å²) < 4.78 is 15.0. The molecule has 0 fully saturated rings. The fraction of sp³-hybridized carbons (Fsp3) is 0.154. The molecule has 1 heterocycles. The van der Waals surface area contributed by atoms with Crippen molar-refractivity contribution in [3.63, 3.8) is 0 Å². The summed E-state index contributed by atoms with van der Waals surface area (Å²) in [5.41, 5.74) is 8.35. The number of amides is 2. The molecule has 1 atom stereocenters. The molecule has 0 bridgehead atoms. The number of benzene rings is 3. The van der Waals surface area contributed by atoms with E-state index < -0.39 is 18.0 Å². The van der Waals surface area contributed by atoms with E-state index in [0.717, 1.165) is 0 Å². The van der Waals surface area contributed by atoms with Crippen LogP contribution in [0.2, 0.25) is 0 Å². The van der Waals surface area contributed by atoms with Gasteiger partial charge in [-0.05, 0) is 66.7 Å². The maximum absolute atomic E-state index is 13.2. The van der Waals surface area contributed by atoms with Crippen LogP contribution in [0.1, 0.15) is 32.7 Å². The summed E-state index contributed by atoms with van der Waals surface area (Å²) in [5.74, 6) is -0.938. The van der Waals surface area contributed by atoms with Gasteiger partial charge in [0.15, 0.2) is 0 Å². The summed E-state index contributed by atoms with van der Waals surface area (Å²) in [4.78, 5) is 31.6. The zero-order chi connectivity index (χ0) is 25.8. The number of carbonyl (C=O) groups excluding carboxylic acids is 2. The molecule has 0 spiro atoms. The van der Waals surface area contributed by atoms with E-state index in [0.29, 0.717) is 33.4 Å². The molecule has 9 nitrogen and oxygen atoms in total. The highest BCUT2D eigenvalue weighted by Crippen LogP contribution is 2.26. The average molecular weight is 487 g/mol. The first-order chi connectivity index (χ1) is 17.3. The molecule has 0 aliphatic heterocycles. The number of nitrogens with zero attached hydrogens (tertiary/aromatic N) is 4. The summed E-state index contributed by atoms with van der Waals surface area (Å²) in [6.45, 7) is 0.279. The molecule has 2 amide bonds. The number of hydrogen-bond acceptors (Lipinski definition) is 6. The Bertz CT molecular complexity index is 1460. The van der Waals surface area contributed by atoms with Gasteiger partial charge in [-0.2, -0.15) is 5.26 Å². The van der Waals surface area contributed by atoms with Crippen molar-refractivity contribution < 1.29 is 19.1 Å². The van der Waals surface area contributed by atoms with Crippen molar-refractivity contribution in [3.05, 3.63) is 89.2 Å². The van der Waals surface area contributed by atoms with Gasteiger partial charge in [0.25, 0.3) is 11.8 Å². The molecule has 0 aliphatic carbocycles. The fourth-order valence-electron chi connectivity index (χ4n) is 3.68. The Balaban J connectivity index is 1.66. The van der Waals surface area contributed by atoms with Crippen molar-refractivity contribution in [2.45, 2.75) is 19.2 Å². The number of aliphatic hydroxyl groups excluding tert-OH is 1. The predicted octanol–water partition coefficient (Wildman–Crippen LogP) is 3.24. The lowest BCUT2D eigenvalue weighted by Crippen LogP contribution is -2.26. The van der Waals surface area contributed by atoms with Crippen LogP contribution in [0.3, 0.4) is 0 Å². The number of nitrogens with one attached hydrogen (secondary N) is 1. The Labute approximate surface area is 206 Å². The normalized spacial score (nSPS) is 11.6. The average Bonchev–Trinajstić information content (AvgIpc) is 3.22. The number of anilines is 2. The first-order valence-electron chi connectivity index (χ1n) is 11.1.